The van der Waals surface area contributed by atoms with Crippen LogP contribution in [-0.4, -0.2) is 37.1 Å². The highest BCUT2D eigenvalue weighted by Crippen LogP contribution is 2.28. The van der Waals surface area contributed by atoms with Crippen molar-refractivity contribution in [3.05, 3.63) is 47.3 Å². The zero-order valence-corrected chi connectivity index (χ0v) is 12.6. The summed E-state index contributed by atoms with van der Waals surface area (Å²) < 4.78 is 39.6. The number of halogens is 3. The summed E-state index contributed by atoms with van der Waals surface area (Å²) >= 11 is 0. The molecule has 0 aliphatic carbocycles. The largest absolute Gasteiger partial charge is 0.480 e. The van der Waals surface area contributed by atoms with Crippen molar-refractivity contribution in [2.24, 2.45) is 0 Å². The van der Waals surface area contributed by atoms with Crippen LogP contribution in [-0.2, 0) is 37.0 Å². The normalized spacial score (nSPS) is 15.3. The summed E-state index contributed by atoms with van der Waals surface area (Å²) in [6.07, 6.45) is -1.21. The average Bonchev–Trinajstić information content (AvgIpc) is 2.92. The minimum atomic E-state index is -4.54. The summed E-state index contributed by atoms with van der Waals surface area (Å²) in [5.41, 5.74) is 1.94. The zero-order valence-electron chi connectivity index (χ0n) is 12.6. The van der Waals surface area contributed by atoms with E-state index in [4.69, 9.17) is 5.11 Å². The number of carboxylic acid groups (broad SMARTS) is 1. The summed E-state index contributed by atoms with van der Waals surface area (Å²) in [5.74, 6) is -2.03. The van der Waals surface area contributed by atoms with Gasteiger partial charge in [0.25, 0.3) is 0 Å². The Bertz CT molecular complexity index is 757. The van der Waals surface area contributed by atoms with Gasteiger partial charge >= 0.3 is 12.1 Å². The van der Waals surface area contributed by atoms with Gasteiger partial charge in [0.1, 0.15) is 6.54 Å². The smallest absolute Gasteiger partial charge is 0.451 e. The minimum Gasteiger partial charge on any atom is -0.480 e. The van der Waals surface area contributed by atoms with Crippen molar-refractivity contribution in [3.63, 3.8) is 0 Å². The second-order valence-corrected chi connectivity index (χ2v) is 5.65. The number of hydrogen-bond acceptors (Lipinski definition) is 4. The van der Waals surface area contributed by atoms with Gasteiger partial charge < -0.3 is 9.67 Å². The summed E-state index contributed by atoms with van der Waals surface area (Å²) in [6.45, 7) is 1.39. The maximum atomic E-state index is 12.6. The minimum absolute atomic E-state index is 0.120. The number of rotatable bonds is 4. The Kier molecular flexibility index (Phi) is 4.27. The van der Waals surface area contributed by atoms with Crippen molar-refractivity contribution in [2.45, 2.75) is 32.2 Å². The molecule has 9 heteroatoms. The van der Waals surface area contributed by atoms with Crippen molar-refractivity contribution in [1.82, 2.24) is 19.4 Å². The molecule has 6 nitrogen and oxygen atoms in total. The van der Waals surface area contributed by atoms with E-state index < -0.39 is 18.0 Å². The van der Waals surface area contributed by atoms with E-state index in [1.807, 2.05) is 11.0 Å². The van der Waals surface area contributed by atoms with Gasteiger partial charge in [-0.3, -0.25) is 9.69 Å². The Balaban J connectivity index is 1.72. The third-order valence-corrected chi connectivity index (χ3v) is 3.88. The van der Waals surface area contributed by atoms with Crippen molar-refractivity contribution >= 4 is 5.97 Å². The first-order valence-corrected chi connectivity index (χ1v) is 7.33. The number of hydrogen-bond donors (Lipinski definition) is 1. The predicted octanol–water partition coefficient (Wildman–Crippen LogP) is 1.94. The number of carbonyl (C=O) groups is 1. The van der Waals surface area contributed by atoms with E-state index in [-0.39, 0.29) is 6.54 Å². The molecule has 1 aliphatic heterocycles. The van der Waals surface area contributed by atoms with Gasteiger partial charge in [-0.1, -0.05) is 0 Å². The number of nitrogens with zero attached hydrogens (tertiary/aromatic N) is 4. The molecule has 0 saturated heterocycles. The summed E-state index contributed by atoms with van der Waals surface area (Å²) in [5, 5.41) is 8.89. The fourth-order valence-corrected chi connectivity index (χ4v) is 2.77. The lowest BCUT2D eigenvalue weighted by Gasteiger charge is -2.28. The number of fused-ring (bicyclic) bond motifs is 1. The van der Waals surface area contributed by atoms with Crippen LogP contribution in [0.3, 0.4) is 0 Å². The Morgan fingerprint density at radius 2 is 2.17 bits per heavy atom. The van der Waals surface area contributed by atoms with E-state index in [1.54, 1.807) is 16.8 Å². The maximum Gasteiger partial charge on any atom is 0.451 e. The van der Waals surface area contributed by atoms with Crippen molar-refractivity contribution in [3.8, 4) is 0 Å². The third-order valence-electron chi connectivity index (χ3n) is 3.88. The molecular weight excluding hydrogens is 325 g/mol. The number of alkyl halides is 3. The first-order valence-electron chi connectivity index (χ1n) is 7.33. The van der Waals surface area contributed by atoms with Gasteiger partial charge in [-0.15, -0.1) is 0 Å². The molecule has 128 valence electrons. The van der Waals surface area contributed by atoms with E-state index in [2.05, 4.69) is 9.97 Å². The summed E-state index contributed by atoms with van der Waals surface area (Å²) in [4.78, 5) is 19.9. The van der Waals surface area contributed by atoms with Crippen LogP contribution in [0.2, 0.25) is 0 Å². The molecule has 0 radical (unpaired) electrons. The van der Waals surface area contributed by atoms with Crippen LogP contribution in [0.4, 0.5) is 13.2 Å². The van der Waals surface area contributed by atoms with Gasteiger partial charge in [0.15, 0.2) is 0 Å². The summed E-state index contributed by atoms with van der Waals surface area (Å²) in [7, 11) is 0. The molecule has 2 aromatic rings. The second-order valence-electron chi connectivity index (χ2n) is 5.65. The van der Waals surface area contributed by atoms with Crippen LogP contribution in [0.5, 0.6) is 0 Å². The maximum absolute atomic E-state index is 12.6. The van der Waals surface area contributed by atoms with Crippen LogP contribution >= 0.6 is 0 Å². The molecule has 0 bridgehead atoms. The Morgan fingerprint density at radius 3 is 2.88 bits per heavy atom. The summed E-state index contributed by atoms with van der Waals surface area (Å²) in [6, 6.07) is 3.61. The molecule has 24 heavy (non-hydrogen) atoms. The molecule has 0 unspecified atom stereocenters. The van der Waals surface area contributed by atoms with E-state index in [1.165, 1.54) is 6.20 Å². The standard InChI is InChI=1S/C15H15F3N4O2/c16-15(17,18)14-19-6-10-7-21(5-3-12(10)20-14)8-11-2-1-4-22(11)9-13(23)24/h1-2,4,6H,3,5,7-9H2,(H,23,24). The van der Waals surface area contributed by atoms with Gasteiger partial charge in [-0.2, -0.15) is 13.2 Å². The lowest BCUT2D eigenvalue weighted by Crippen LogP contribution is -2.32. The molecule has 2 aromatic heterocycles. The topological polar surface area (TPSA) is 71.2 Å². The Hall–Kier alpha value is -2.42. The molecule has 1 N–H and O–H groups in total. The fraction of sp³-hybridized carbons (Fsp3) is 0.400. The van der Waals surface area contributed by atoms with Crippen LogP contribution in [0.15, 0.2) is 24.5 Å². The molecule has 3 heterocycles. The van der Waals surface area contributed by atoms with E-state index in [9.17, 15) is 18.0 Å². The zero-order chi connectivity index (χ0) is 17.3. The number of aromatic nitrogens is 3. The van der Waals surface area contributed by atoms with Gasteiger partial charge in [0, 0.05) is 49.7 Å². The highest BCUT2D eigenvalue weighted by molar-refractivity contribution is 5.66. The molecule has 0 fully saturated rings. The molecule has 0 amide bonds. The molecule has 0 aromatic carbocycles. The number of carboxylic acids is 1. The quantitative estimate of drug-likeness (QED) is 0.921. The monoisotopic (exact) mass is 340 g/mol. The van der Waals surface area contributed by atoms with Crippen LogP contribution in [0.1, 0.15) is 22.8 Å². The van der Waals surface area contributed by atoms with Crippen molar-refractivity contribution in [2.75, 3.05) is 6.54 Å². The lowest BCUT2D eigenvalue weighted by atomic mass is 10.1. The molecule has 1 aliphatic rings. The first-order chi connectivity index (χ1) is 11.3. The lowest BCUT2D eigenvalue weighted by molar-refractivity contribution is -0.145. The van der Waals surface area contributed by atoms with Gasteiger partial charge in [0.2, 0.25) is 5.82 Å². The van der Waals surface area contributed by atoms with Gasteiger partial charge in [-0.05, 0) is 12.1 Å². The third kappa shape index (κ3) is 3.56. The van der Waals surface area contributed by atoms with Crippen molar-refractivity contribution < 1.29 is 23.1 Å². The number of aliphatic carboxylic acids is 1. The van der Waals surface area contributed by atoms with Gasteiger partial charge in [-0.25, -0.2) is 9.97 Å². The van der Waals surface area contributed by atoms with Crippen LogP contribution in [0, 0.1) is 0 Å². The van der Waals surface area contributed by atoms with Crippen molar-refractivity contribution in [1.29, 1.82) is 0 Å². The van der Waals surface area contributed by atoms with E-state index in [0.717, 1.165) is 5.69 Å². The second kappa shape index (κ2) is 6.23. The molecular formula is C15H15F3N4O2. The van der Waals surface area contributed by atoms with E-state index in [0.29, 0.717) is 37.3 Å². The van der Waals surface area contributed by atoms with Crippen LogP contribution < -0.4 is 0 Å². The van der Waals surface area contributed by atoms with Gasteiger partial charge in [0.05, 0.1) is 5.69 Å². The predicted molar refractivity (Wildman–Crippen MR) is 76.9 cm³/mol. The highest BCUT2D eigenvalue weighted by Gasteiger charge is 2.35. The van der Waals surface area contributed by atoms with Crippen LogP contribution in [0.25, 0.3) is 0 Å². The average molecular weight is 340 g/mol. The molecule has 0 spiro atoms. The molecule has 0 saturated carbocycles. The molecule has 0 atom stereocenters. The molecule has 3 rings (SSSR count). The SMILES string of the molecule is O=C(O)Cn1cccc1CN1CCc2nc(C(F)(F)F)ncc2C1. The Labute approximate surface area is 135 Å². The van der Waals surface area contributed by atoms with E-state index >= 15 is 0 Å². The fourth-order valence-electron chi connectivity index (χ4n) is 2.77. The Morgan fingerprint density at radius 1 is 1.38 bits per heavy atom. The first kappa shape index (κ1) is 16.4. The highest BCUT2D eigenvalue weighted by atomic mass is 19.4.